The van der Waals surface area contributed by atoms with E-state index in [9.17, 15) is 0 Å². The summed E-state index contributed by atoms with van der Waals surface area (Å²) >= 11 is 1.88. The summed E-state index contributed by atoms with van der Waals surface area (Å²) in [6.07, 6.45) is 6.46. The van der Waals surface area contributed by atoms with Crippen LogP contribution in [-0.2, 0) is 0 Å². The minimum atomic E-state index is 0.575. The van der Waals surface area contributed by atoms with Gasteiger partial charge in [-0.05, 0) is 101 Å². The Morgan fingerprint density at radius 2 is 1.02 bits per heavy atom. The van der Waals surface area contributed by atoms with Gasteiger partial charge in [0.1, 0.15) is 0 Å². The molecule has 1 fully saturated rings. The number of hydrogen-bond acceptors (Lipinski definition) is 2. The molecule has 1 saturated carbocycles. The van der Waals surface area contributed by atoms with Crippen molar-refractivity contribution in [3.63, 3.8) is 0 Å². The Bertz CT molecular complexity index is 3420. The van der Waals surface area contributed by atoms with Gasteiger partial charge in [0.25, 0.3) is 0 Å². The lowest BCUT2D eigenvalue weighted by Gasteiger charge is -2.31. The smallest absolute Gasteiger partial charge is 0.0561 e. The summed E-state index contributed by atoms with van der Waals surface area (Å²) in [5, 5.41) is 7.82. The van der Waals surface area contributed by atoms with Crippen molar-refractivity contribution in [2.24, 2.45) is 0 Å². The molecule has 292 valence electrons. The number of para-hydroxylation sites is 4. The van der Waals surface area contributed by atoms with Gasteiger partial charge in [-0.2, -0.15) is 0 Å². The zero-order valence-corrected chi connectivity index (χ0v) is 34.8. The van der Waals surface area contributed by atoms with Gasteiger partial charge in [0.15, 0.2) is 0 Å². The number of hydrogen-bond donors (Lipinski definition) is 0. The number of thiophene rings is 1. The molecule has 9 aromatic carbocycles. The molecule has 0 bridgehead atoms. The number of anilines is 3. The van der Waals surface area contributed by atoms with Crippen molar-refractivity contribution in [1.29, 1.82) is 0 Å². The molecule has 11 aromatic rings. The van der Waals surface area contributed by atoms with Crippen LogP contribution in [0.4, 0.5) is 17.1 Å². The average Bonchev–Trinajstić information content (AvgIpc) is 3.88. The van der Waals surface area contributed by atoms with E-state index in [1.54, 1.807) is 0 Å². The highest BCUT2D eigenvalue weighted by Crippen LogP contribution is 2.50. The highest BCUT2D eigenvalue weighted by molar-refractivity contribution is 7.25. The zero-order chi connectivity index (χ0) is 40.3. The lowest BCUT2D eigenvalue weighted by Crippen LogP contribution is -2.13. The maximum absolute atomic E-state index is 2.55. The van der Waals surface area contributed by atoms with Gasteiger partial charge in [0.2, 0.25) is 0 Å². The maximum Gasteiger partial charge on any atom is 0.0561 e. The molecule has 61 heavy (non-hydrogen) atoms. The van der Waals surface area contributed by atoms with Crippen molar-refractivity contribution in [1.82, 2.24) is 4.57 Å². The number of rotatable bonds is 7. The minimum Gasteiger partial charge on any atom is -0.309 e. The Labute approximate surface area is 360 Å². The van der Waals surface area contributed by atoms with Gasteiger partial charge < -0.3 is 9.47 Å². The lowest BCUT2D eigenvalue weighted by atomic mass is 9.80. The molecule has 2 nitrogen and oxygen atoms in total. The van der Waals surface area contributed by atoms with E-state index in [4.69, 9.17) is 0 Å². The van der Waals surface area contributed by atoms with Crippen molar-refractivity contribution < 1.29 is 0 Å². The van der Waals surface area contributed by atoms with Gasteiger partial charge in [0.05, 0.1) is 22.4 Å². The van der Waals surface area contributed by atoms with Crippen molar-refractivity contribution in [3.05, 3.63) is 206 Å². The number of fused-ring (bicyclic) bond motifs is 7. The molecule has 1 aliphatic rings. The Balaban J connectivity index is 1.16. The van der Waals surface area contributed by atoms with Gasteiger partial charge in [-0.3, -0.25) is 0 Å². The molecule has 0 aliphatic heterocycles. The first-order valence-corrected chi connectivity index (χ1v) is 22.6. The molecule has 0 atom stereocenters. The van der Waals surface area contributed by atoms with E-state index in [1.165, 1.54) is 113 Å². The van der Waals surface area contributed by atoms with Gasteiger partial charge in [-0.15, -0.1) is 11.3 Å². The van der Waals surface area contributed by atoms with Crippen molar-refractivity contribution in [2.75, 3.05) is 4.90 Å². The van der Waals surface area contributed by atoms with Gasteiger partial charge in [0, 0.05) is 53.4 Å². The second-order valence-electron chi connectivity index (χ2n) is 16.6. The largest absolute Gasteiger partial charge is 0.309 e. The van der Waals surface area contributed by atoms with Crippen LogP contribution in [0.5, 0.6) is 0 Å². The fraction of sp³-hybridized carbons (Fsp3) is 0.103. The average molecular weight is 801 g/mol. The summed E-state index contributed by atoms with van der Waals surface area (Å²) in [6, 6.07) is 74.6. The van der Waals surface area contributed by atoms with E-state index in [-0.39, 0.29) is 0 Å². The molecule has 12 rings (SSSR count). The molecule has 0 radical (unpaired) electrons. The summed E-state index contributed by atoms with van der Waals surface area (Å²) < 4.78 is 5.05. The number of aromatic nitrogens is 1. The third kappa shape index (κ3) is 5.98. The molecule has 0 spiro atoms. The predicted octanol–water partition coefficient (Wildman–Crippen LogP) is 17.2. The monoisotopic (exact) mass is 800 g/mol. The van der Waals surface area contributed by atoms with Crippen molar-refractivity contribution in [3.8, 4) is 27.9 Å². The van der Waals surface area contributed by atoms with E-state index in [1.807, 2.05) is 11.3 Å². The summed E-state index contributed by atoms with van der Waals surface area (Å²) in [5.41, 5.74) is 13.4. The van der Waals surface area contributed by atoms with Crippen LogP contribution < -0.4 is 4.90 Å². The fourth-order valence-electron chi connectivity index (χ4n) is 10.5. The summed E-state index contributed by atoms with van der Waals surface area (Å²) in [6.45, 7) is 0. The van der Waals surface area contributed by atoms with Crippen LogP contribution in [0, 0.1) is 0 Å². The van der Waals surface area contributed by atoms with E-state index >= 15 is 0 Å². The first-order chi connectivity index (χ1) is 30.3. The molecular weight excluding hydrogens is 757 g/mol. The Morgan fingerprint density at radius 3 is 1.80 bits per heavy atom. The summed E-state index contributed by atoms with van der Waals surface area (Å²) in [7, 11) is 0. The second kappa shape index (κ2) is 15.0. The van der Waals surface area contributed by atoms with Gasteiger partial charge >= 0.3 is 0 Å². The highest BCUT2D eigenvalue weighted by atomic mass is 32.1. The van der Waals surface area contributed by atoms with E-state index in [0.29, 0.717) is 5.92 Å². The Hall–Kier alpha value is -6.94. The van der Waals surface area contributed by atoms with Crippen LogP contribution in [0.2, 0.25) is 0 Å². The second-order valence-corrected chi connectivity index (χ2v) is 17.7. The molecule has 2 aromatic heterocycles. The fourth-order valence-corrected chi connectivity index (χ4v) is 11.6. The Morgan fingerprint density at radius 1 is 0.426 bits per heavy atom. The maximum atomic E-state index is 2.55. The van der Waals surface area contributed by atoms with Crippen molar-refractivity contribution >= 4 is 81.1 Å². The standard InChI is InChI=1S/C58H44N2S/c1-3-18-39(19-4-1)43-28-15-20-40-21-16-29-48(57(40)43)45-25-8-12-32-52(45)60(42-36-37-47-44-24-7-11-31-51(44)59(54(47)38-42)41-22-5-2-6-23-41)53-33-13-9-26-46(53)49-30-17-35-56-58(49)50-27-10-14-34-55(50)61-56/h2,5-17,20-39H,1,3-4,18-19H2. The summed E-state index contributed by atoms with van der Waals surface area (Å²) in [5.74, 6) is 0.575. The van der Waals surface area contributed by atoms with E-state index in [2.05, 4.69) is 210 Å². The topological polar surface area (TPSA) is 8.17 Å². The van der Waals surface area contributed by atoms with Crippen LogP contribution >= 0.6 is 11.3 Å². The minimum absolute atomic E-state index is 0.575. The molecule has 2 heterocycles. The van der Waals surface area contributed by atoms with Gasteiger partial charge in [-0.25, -0.2) is 0 Å². The zero-order valence-electron chi connectivity index (χ0n) is 34.0. The molecular formula is C58H44N2S. The SMILES string of the molecule is c1ccc(-n2c3ccccc3c3ccc(N(c4ccccc4-c4cccc5cccc(C6CCCCC6)c45)c4ccccc4-c4cccc5sc6ccccc6c45)cc32)cc1. The van der Waals surface area contributed by atoms with Crippen LogP contribution in [0.3, 0.4) is 0 Å². The Kier molecular flexibility index (Phi) is 8.82. The summed E-state index contributed by atoms with van der Waals surface area (Å²) in [4.78, 5) is 2.55. The van der Waals surface area contributed by atoms with E-state index in [0.717, 1.165) is 22.7 Å². The number of nitrogens with zero attached hydrogens (tertiary/aromatic N) is 2. The van der Waals surface area contributed by atoms with Gasteiger partial charge in [-0.1, -0.05) is 165 Å². The molecule has 0 amide bonds. The van der Waals surface area contributed by atoms with E-state index < -0.39 is 0 Å². The molecule has 0 unspecified atom stereocenters. The highest BCUT2D eigenvalue weighted by Gasteiger charge is 2.26. The van der Waals surface area contributed by atoms with Crippen molar-refractivity contribution in [2.45, 2.75) is 38.0 Å². The predicted molar refractivity (Wildman–Crippen MR) is 263 cm³/mol. The first-order valence-electron chi connectivity index (χ1n) is 21.8. The lowest BCUT2D eigenvalue weighted by molar-refractivity contribution is 0.445. The molecule has 3 heteroatoms. The quantitative estimate of drug-likeness (QED) is 0.156. The third-order valence-corrected chi connectivity index (χ3v) is 14.3. The third-order valence-electron chi connectivity index (χ3n) is 13.2. The number of benzene rings is 9. The van der Waals surface area contributed by atoms with Crippen LogP contribution in [0.25, 0.3) is 80.7 Å². The molecule has 1 aliphatic carbocycles. The first kappa shape index (κ1) is 36.0. The van der Waals surface area contributed by atoms with Crippen LogP contribution in [0.1, 0.15) is 43.6 Å². The molecule has 0 N–H and O–H groups in total. The molecule has 0 saturated heterocycles. The van der Waals surface area contributed by atoms with Crippen LogP contribution in [0.15, 0.2) is 200 Å². The normalized spacial score (nSPS) is 13.5. The van der Waals surface area contributed by atoms with Crippen LogP contribution in [-0.4, -0.2) is 4.57 Å².